The van der Waals surface area contributed by atoms with E-state index in [9.17, 15) is 14.9 Å². The molecule has 7 heteroatoms. The van der Waals surface area contributed by atoms with Gasteiger partial charge in [-0.1, -0.05) is 11.6 Å². The highest BCUT2D eigenvalue weighted by molar-refractivity contribution is 6.30. The number of nitro benzene ring substituents is 1. The Labute approximate surface area is 109 Å². The minimum Gasteiger partial charge on any atom is -0.475 e. The average Bonchev–Trinajstić information content (AvgIpc) is 2.25. The molecule has 0 heterocycles. The Hall–Kier alpha value is -1.82. The van der Waals surface area contributed by atoms with Crippen LogP contribution < -0.4 is 4.74 Å². The van der Waals surface area contributed by atoms with Crippen LogP contribution >= 0.6 is 11.6 Å². The molecule has 0 spiro atoms. The monoisotopic (exact) mass is 273 g/mol. The van der Waals surface area contributed by atoms with E-state index < -0.39 is 17.5 Å². The lowest BCUT2D eigenvalue weighted by Gasteiger charge is -2.09. The molecule has 0 atom stereocenters. The van der Waals surface area contributed by atoms with Crippen LogP contribution in [0, 0.1) is 10.1 Å². The van der Waals surface area contributed by atoms with Crippen molar-refractivity contribution in [3.63, 3.8) is 0 Å². The van der Waals surface area contributed by atoms with Gasteiger partial charge in [-0.2, -0.15) is 0 Å². The van der Waals surface area contributed by atoms with Gasteiger partial charge in [-0.05, 0) is 19.9 Å². The second kappa shape index (κ2) is 6.20. The standard InChI is InChI=1S/C11H12ClNO5/c1-7(2)18-11(14)6-17-10-5-8(12)3-4-9(10)13(15)16/h3-5,7H,6H2,1-2H3. The summed E-state index contributed by atoms with van der Waals surface area (Å²) in [5, 5.41) is 11.0. The number of esters is 1. The van der Waals surface area contributed by atoms with Gasteiger partial charge in [0.1, 0.15) is 0 Å². The molecule has 98 valence electrons. The number of halogens is 1. The topological polar surface area (TPSA) is 78.7 Å². The van der Waals surface area contributed by atoms with E-state index in [-0.39, 0.29) is 22.6 Å². The zero-order valence-corrected chi connectivity index (χ0v) is 10.6. The van der Waals surface area contributed by atoms with Crippen molar-refractivity contribution in [3.05, 3.63) is 33.3 Å². The smallest absolute Gasteiger partial charge is 0.344 e. The summed E-state index contributed by atoms with van der Waals surface area (Å²) in [6, 6.07) is 3.87. The van der Waals surface area contributed by atoms with E-state index in [0.29, 0.717) is 0 Å². The van der Waals surface area contributed by atoms with E-state index in [1.165, 1.54) is 18.2 Å². The quantitative estimate of drug-likeness (QED) is 0.468. The lowest BCUT2D eigenvalue weighted by atomic mass is 10.3. The predicted molar refractivity (Wildman–Crippen MR) is 64.8 cm³/mol. The van der Waals surface area contributed by atoms with E-state index in [4.69, 9.17) is 21.1 Å². The fourth-order valence-corrected chi connectivity index (χ4v) is 1.35. The van der Waals surface area contributed by atoms with Gasteiger partial charge in [0.25, 0.3) is 0 Å². The van der Waals surface area contributed by atoms with Crippen LogP contribution in [-0.2, 0) is 9.53 Å². The van der Waals surface area contributed by atoms with Crippen LogP contribution in [0.5, 0.6) is 5.75 Å². The van der Waals surface area contributed by atoms with Gasteiger partial charge >= 0.3 is 11.7 Å². The maximum atomic E-state index is 11.2. The van der Waals surface area contributed by atoms with E-state index in [1.54, 1.807) is 13.8 Å². The molecule has 6 nitrogen and oxygen atoms in total. The predicted octanol–water partition coefficient (Wildman–Crippen LogP) is 2.58. The van der Waals surface area contributed by atoms with Crippen LogP contribution in [-0.4, -0.2) is 23.6 Å². The normalized spacial score (nSPS) is 10.2. The zero-order chi connectivity index (χ0) is 13.7. The molecule has 0 saturated carbocycles. The first kappa shape index (κ1) is 14.2. The summed E-state index contributed by atoms with van der Waals surface area (Å²) in [6.07, 6.45) is -0.268. The number of rotatable bonds is 5. The Bertz CT molecular complexity index is 461. The molecule has 0 aliphatic carbocycles. The third-order valence-corrected chi connectivity index (χ3v) is 2.07. The summed E-state index contributed by atoms with van der Waals surface area (Å²) in [4.78, 5) is 21.4. The van der Waals surface area contributed by atoms with Crippen molar-refractivity contribution >= 4 is 23.3 Å². The number of carbonyl (C=O) groups is 1. The molecule has 0 aromatic heterocycles. The SMILES string of the molecule is CC(C)OC(=O)COc1cc(Cl)ccc1[N+](=O)[O-]. The first-order valence-electron chi connectivity index (χ1n) is 5.16. The second-order valence-corrected chi connectivity index (χ2v) is 4.13. The molecule has 0 bridgehead atoms. The Morgan fingerprint density at radius 2 is 2.17 bits per heavy atom. The number of nitrogens with zero attached hydrogens (tertiary/aromatic N) is 1. The van der Waals surface area contributed by atoms with Crippen LogP contribution in [0.3, 0.4) is 0 Å². The summed E-state index contributed by atoms with van der Waals surface area (Å²) in [6.45, 7) is 2.98. The molecular weight excluding hydrogens is 262 g/mol. The van der Waals surface area contributed by atoms with Gasteiger partial charge in [-0.3, -0.25) is 10.1 Å². The fourth-order valence-electron chi connectivity index (χ4n) is 1.19. The Kier molecular flexibility index (Phi) is 4.91. The molecule has 1 aromatic carbocycles. The first-order chi connectivity index (χ1) is 8.40. The van der Waals surface area contributed by atoms with Gasteiger partial charge in [0.15, 0.2) is 12.4 Å². The van der Waals surface area contributed by atoms with Gasteiger partial charge in [-0.15, -0.1) is 0 Å². The Morgan fingerprint density at radius 3 is 2.72 bits per heavy atom. The largest absolute Gasteiger partial charge is 0.475 e. The Morgan fingerprint density at radius 1 is 1.50 bits per heavy atom. The van der Waals surface area contributed by atoms with Crippen molar-refractivity contribution in [1.82, 2.24) is 0 Å². The van der Waals surface area contributed by atoms with Gasteiger partial charge in [0, 0.05) is 17.2 Å². The number of benzene rings is 1. The second-order valence-electron chi connectivity index (χ2n) is 3.70. The number of hydrogen-bond acceptors (Lipinski definition) is 5. The maximum absolute atomic E-state index is 11.2. The summed E-state index contributed by atoms with van der Waals surface area (Å²) in [5.41, 5.74) is -0.253. The molecule has 1 rings (SSSR count). The molecule has 0 fully saturated rings. The van der Waals surface area contributed by atoms with Gasteiger partial charge in [-0.25, -0.2) is 4.79 Å². The van der Waals surface area contributed by atoms with Crippen molar-refractivity contribution in [1.29, 1.82) is 0 Å². The average molecular weight is 274 g/mol. The van der Waals surface area contributed by atoms with E-state index in [0.717, 1.165) is 0 Å². The number of carbonyl (C=O) groups excluding carboxylic acids is 1. The highest BCUT2D eigenvalue weighted by Gasteiger charge is 2.17. The highest BCUT2D eigenvalue weighted by Crippen LogP contribution is 2.29. The van der Waals surface area contributed by atoms with Crippen molar-refractivity contribution in [2.45, 2.75) is 20.0 Å². The van der Waals surface area contributed by atoms with E-state index in [2.05, 4.69) is 0 Å². The summed E-state index contributed by atoms with van der Waals surface area (Å²) in [7, 11) is 0. The minimum atomic E-state index is -0.612. The number of ether oxygens (including phenoxy) is 2. The van der Waals surface area contributed by atoms with Gasteiger partial charge < -0.3 is 9.47 Å². The molecule has 0 aliphatic rings. The number of hydrogen-bond donors (Lipinski definition) is 0. The molecule has 0 aliphatic heterocycles. The van der Waals surface area contributed by atoms with Crippen LogP contribution in [0.25, 0.3) is 0 Å². The fraction of sp³-hybridized carbons (Fsp3) is 0.364. The lowest BCUT2D eigenvalue weighted by molar-refractivity contribution is -0.385. The minimum absolute atomic E-state index is 0.0618. The molecular formula is C11H12ClNO5. The van der Waals surface area contributed by atoms with Crippen molar-refractivity contribution in [2.24, 2.45) is 0 Å². The van der Waals surface area contributed by atoms with Crippen molar-refractivity contribution < 1.29 is 19.2 Å². The first-order valence-corrected chi connectivity index (χ1v) is 5.54. The third kappa shape index (κ3) is 4.21. The number of nitro groups is 1. The Balaban J connectivity index is 2.74. The zero-order valence-electron chi connectivity index (χ0n) is 9.88. The third-order valence-electron chi connectivity index (χ3n) is 1.83. The highest BCUT2D eigenvalue weighted by atomic mass is 35.5. The van der Waals surface area contributed by atoms with E-state index in [1.807, 2.05) is 0 Å². The molecule has 0 unspecified atom stereocenters. The van der Waals surface area contributed by atoms with Gasteiger partial charge in [0.05, 0.1) is 11.0 Å². The van der Waals surface area contributed by atoms with E-state index >= 15 is 0 Å². The molecule has 0 saturated heterocycles. The molecule has 18 heavy (non-hydrogen) atoms. The van der Waals surface area contributed by atoms with Crippen LogP contribution in [0.4, 0.5) is 5.69 Å². The summed E-state index contributed by atoms with van der Waals surface area (Å²) < 4.78 is 9.88. The molecule has 0 amide bonds. The molecule has 0 N–H and O–H groups in total. The summed E-state index contributed by atoms with van der Waals surface area (Å²) in [5.74, 6) is -0.660. The van der Waals surface area contributed by atoms with Crippen molar-refractivity contribution in [2.75, 3.05) is 6.61 Å². The summed E-state index contributed by atoms with van der Waals surface area (Å²) >= 11 is 5.70. The van der Waals surface area contributed by atoms with Crippen molar-refractivity contribution in [3.8, 4) is 5.75 Å². The lowest BCUT2D eigenvalue weighted by Crippen LogP contribution is -2.19. The maximum Gasteiger partial charge on any atom is 0.344 e. The molecule has 1 aromatic rings. The van der Waals surface area contributed by atoms with Crippen LogP contribution in [0.2, 0.25) is 5.02 Å². The van der Waals surface area contributed by atoms with Gasteiger partial charge in [0.2, 0.25) is 0 Å². The van der Waals surface area contributed by atoms with Crippen LogP contribution in [0.1, 0.15) is 13.8 Å². The van der Waals surface area contributed by atoms with Crippen LogP contribution in [0.15, 0.2) is 18.2 Å². The molecule has 0 radical (unpaired) electrons.